The van der Waals surface area contributed by atoms with E-state index < -0.39 is 0 Å². The van der Waals surface area contributed by atoms with Crippen LogP contribution in [-0.2, 0) is 11.3 Å². The second-order valence-electron chi connectivity index (χ2n) is 3.40. The molecule has 1 fully saturated rings. The minimum atomic E-state index is 0.827. The maximum absolute atomic E-state index is 5.54. The van der Waals surface area contributed by atoms with Crippen LogP contribution in [0.3, 0.4) is 0 Å². The number of furan rings is 1. The Morgan fingerprint density at radius 1 is 1.36 bits per heavy atom. The van der Waals surface area contributed by atoms with Gasteiger partial charge in [0.15, 0.2) is 5.88 Å². The van der Waals surface area contributed by atoms with Crippen molar-refractivity contribution in [2.75, 3.05) is 38.7 Å². The quantitative estimate of drug-likeness (QED) is 0.787. The van der Waals surface area contributed by atoms with Crippen LogP contribution >= 0.6 is 0 Å². The Balaban J connectivity index is 1.89. The maximum atomic E-state index is 5.54. The van der Waals surface area contributed by atoms with Gasteiger partial charge >= 0.3 is 0 Å². The van der Waals surface area contributed by atoms with E-state index in [4.69, 9.17) is 9.15 Å². The summed E-state index contributed by atoms with van der Waals surface area (Å²) in [5.41, 5.74) is 0. The fourth-order valence-corrected chi connectivity index (χ4v) is 1.58. The van der Waals surface area contributed by atoms with Gasteiger partial charge in [-0.25, -0.2) is 0 Å². The zero-order valence-corrected chi connectivity index (χ0v) is 8.45. The van der Waals surface area contributed by atoms with Gasteiger partial charge in [0.1, 0.15) is 5.76 Å². The molecular formula is C10H16N2O2. The molecule has 0 amide bonds. The summed E-state index contributed by atoms with van der Waals surface area (Å²) >= 11 is 0. The first-order valence-electron chi connectivity index (χ1n) is 4.95. The van der Waals surface area contributed by atoms with E-state index in [0.717, 1.165) is 44.5 Å². The summed E-state index contributed by atoms with van der Waals surface area (Å²) in [6.45, 7) is 4.54. The Labute approximate surface area is 83.8 Å². The van der Waals surface area contributed by atoms with Crippen molar-refractivity contribution in [3.8, 4) is 0 Å². The number of anilines is 1. The Kier molecular flexibility index (Phi) is 3.06. The second-order valence-corrected chi connectivity index (χ2v) is 3.40. The van der Waals surface area contributed by atoms with E-state index in [-0.39, 0.29) is 0 Å². The van der Waals surface area contributed by atoms with Crippen LogP contribution in [0.2, 0.25) is 0 Å². The number of nitrogens with one attached hydrogen (secondary N) is 1. The molecule has 1 saturated heterocycles. The molecule has 1 aromatic heterocycles. The van der Waals surface area contributed by atoms with Crippen molar-refractivity contribution < 1.29 is 9.15 Å². The van der Waals surface area contributed by atoms with Crippen LogP contribution < -0.4 is 5.32 Å². The maximum Gasteiger partial charge on any atom is 0.192 e. The predicted octanol–water partition coefficient (Wildman–Crippen LogP) is 1.15. The van der Waals surface area contributed by atoms with Crippen molar-refractivity contribution in [3.63, 3.8) is 0 Å². The van der Waals surface area contributed by atoms with Gasteiger partial charge in [0.2, 0.25) is 0 Å². The second kappa shape index (κ2) is 4.48. The van der Waals surface area contributed by atoms with Gasteiger partial charge in [-0.15, -0.1) is 0 Å². The van der Waals surface area contributed by atoms with E-state index in [0.29, 0.717) is 0 Å². The summed E-state index contributed by atoms with van der Waals surface area (Å²) in [5.74, 6) is 1.84. The number of rotatable bonds is 3. The Morgan fingerprint density at radius 3 is 2.79 bits per heavy atom. The molecule has 0 aromatic carbocycles. The van der Waals surface area contributed by atoms with Crippen molar-refractivity contribution in [2.24, 2.45) is 0 Å². The molecule has 0 unspecified atom stereocenters. The van der Waals surface area contributed by atoms with Gasteiger partial charge in [0.25, 0.3) is 0 Å². The van der Waals surface area contributed by atoms with Crippen LogP contribution in [-0.4, -0.2) is 38.3 Å². The highest BCUT2D eigenvalue weighted by Crippen LogP contribution is 2.14. The molecule has 78 valence electrons. The van der Waals surface area contributed by atoms with Gasteiger partial charge in [-0.1, -0.05) is 0 Å². The molecule has 1 aliphatic rings. The van der Waals surface area contributed by atoms with Crippen LogP contribution in [0.4, 0.5) is 5.88 Å². The minimum Gasteiger partial charge on any atom is -0.444 e. The van der Waals surface area contributed by atoms with Gasteiger partial charge < -0.3 is 14.5 Å². The molecule has 1 N–H and O–H groups in total. The summed E-state index contributed by atoms with van der Waals surface area (Å²) in [7, 11) is 1.86. The molecule has 0 spiro atoms. The van der Waals surface area contributed by atoms with Crippen molar-refractivity contribution in [1.29, 1.82) is 0 Å². The molecule has 0 aliphatic carbocycles. The molecule has 4 nitrogen and oxygen atoms in total. The molecule has 0 atom stereocenters. The number of ether oxygens (including phenoxy) is 1. The summed E-state index contributed by atoms with van der Waals surface area (Å²) in [4.78, 5) is 2.34. The predicted molar refractivity (Wildman–Crippen MR) is 54.4 cm³/mol. The first-order chi connectivity index (χ1) is 6.88. The van der Waals surface area contributed by atoms with E-state index in [1.165, 1.54) is 0 Å². The van der Waals surface area contributed by atoms with Crippen molar-refractivity contribution in [3.05, 3.63) is 17.9 Å². The van der Waals surface area contributed by atoms with Crippen LogP contribution in [0.1, 0.15) is 5.76 Å². The fraction of sp³-hybridized carbons (Fsp3) is 0.600. The molecule has 2 heterocycles. The largest absolute Gasteiger partial charge is 0.444 e. The van der Waals surface area contributed by atoms with Crippen LogP contribution in [0, 0.1) is 0 Å². The topological polar surface area (TPSA) is 37.6 Å². The minimum absolute atomic E-state index is 0.827. The SMILES string of the molecule is CNc1ccc(CN2CCOCC2)o1. The third kappa shape index (κ3) is 2.27. The van der Waals surface area contributed by atoms with Gasteiger partial charge in [-0.3, -0.25) is 4.90 Å². The van der Waals surface area contributed by atoms with Crippen LogP contribution in [0.5, 0.6) is 0 Å². The van der Waals surface area contributed by atoms with Gasteiger partial charge in [-0.05, 0) is 6.07 Å². The zero-order valence-electron chi connectivity index (χ0n) is 8.45. The van der Waals surface area contributed by atoms with Crippen molar-refractivity contribution in [1.82, 2.24) is 4.90 Å². The zero-order chi connectivity index (χ0) is 9.80. The summed E-state index contributed by atoms with van der Waals surface area (Å²) in [6.07, 6.45) is 0. The lowest BCUT2D eigenvalue weighted by molar-refractivity contribution is 0.0314. The lowest BCUT2D eigenvalue weighted by Gasteiger charge is -2.25. The molecule has 0 bridgehead atoms. The molecule has 4 heteroatoms. The Hall–Kier alpha value is -1.00. The molecule has 14 heavy (non-hydrogen) atoms. The van der Waals surface area contributed by atoms with E-state index in [9.17, 15) is 0 Å². The van der Waals surface area contributed by atoms with Crippen molar-refractivity contribution >= 4 is 5.88 Å². The van der Waals surface area contributed by atoms with E-state index in [1.54, 1.807) is 0 Å². The number of hydrogen-bond donors (Lipinski definition) is 1. The van der Waals surface area contributed by atoms with Crippen LogP contribution in [0.15, 0.2) is 16.5 Å². The fourth-order valence-electron chi connectivity index (χ4n) is 1.58. The molecule has 1 aliphatic heterocycles. The first-order valence-corrected chi connectivity index (χ1v) is 4.95. The van der Waals surface area contributed by atoms with E-state index >= 15 is 0 Å². The molecule has 0 saturated carbocycles. The third-order valence-corrected chi connectivity index (χ3v) is 2.39. The highest BCUT2D eigenvalue weighted by Gasteiger charge is 2.12. The lowest BCUT2D eigenvalue weighted by Crippen LogP contribution is -2.35. The van der Waals surface area contributed by atoms with E-state index in [1.807, 2.05) is 19.2 Å². The average molecular weight is 196 g/mol. The average Bonchev–Trinajstić information content (AvgIpc) is 2.67. The molecule has 1 aromatic rings. The monoisotopic (exact) mass is 196 g/mol. The van der Waals surface area contributed by atoms with Crippen LogP contribution in [0.25, 0.3) is 0 Å². The van der Waals surface area contributed by atoms with Crippen molar-refractivity contribution in [2.45, 2.75) is 6.54 Å². The van der Waals surface area contributed by atoms with Gasteiger partial charge in [0, 0.05) is 26.2 Å². The highest BCUT2D eigenvalue weighted by molar-refractivity contribution is 5.30. The summed E-state index contributed by atoms with van der Waals surface area (Å²) < 4.78 is 10.8. The first kappa shape index (κ1) is 9.55. The molecule has 0 radical (unpaired) electrons. The normalized spacial score (nSPS) is 18.4. The third-order valence-electron chi connectivity index (χ3n) is 2.39. The number of hydrogen-bond acceptors (Lipinski definition) is 4. The lowest BCUT2D eigenvalue weighted by atomic mass is 10.3. The Bertz CT molecular complexity index is 279. The summed E-state index contributed by atoms with van der Waals surface area (Å²) in [6, 6.07) is 3.97. The van der Waals surface area contributed by atoms with E-state index in [2.05, 4.69) is 10.2 Å². The number of morpholine rings is 1. The smallest absolute Gasteiger partial charge is 0.192 e. The summed E-state index contributed by atoms with van der Waals surface area (Å²) in [5, 5.41) is 2.97. The molecule has 2 rings (SSSR count). The Morgan fingerprint density at radius 2 is 2.14 bits per heavy atom. The van der Waals surface area contributed by atoms with Gasteiger partial charge in [-0.2, -0.15) is 0 Å². The molecular weight excluding hydrogens is 180 g/mol. The van der Waals surface area contributed by atoms with Gasteiger partial charge in [0.05, 0.1) is 19.8 Å². The number of nitrogens with zero attached hydrogens (tertiary/aromatic N) is 1. The standard InChI is InChI=1S/C10H16N2O2/c1-11-10-3-2-9(14-10)8-12-4-6-13-7-5-12/h2-3,11H,4-8H2,1H3. The highest BCUT2D eigenvalue weighted by atomic mass is 16.5.